The van der Waals surface area contributed by atoms with Gasteiger partial charge in [0.15, 0.2) is 0 Å². The minimum absolute atomic E-state index is 0.121. The van der Waals surface area contributed by atoms with Gasteiger partial charge in [0, 0.05) is 12.6 Å². The van der Waals surface area contributed by atoms with Gasteiger partial charge in [-0.3, -0.25) is 9.69 Å². The molecule has 1 fully saturated rings. The van der Waals surface area contributed by atoms with Crippen molar-refractivity contribution < 1.29 is 9.90 Å². The van der Waals surface area contributed by atoms with E-state index in [9.17, 15) is 9.90 Å². The first kappa shape index (κ1) is 13.1. The van der Waals surface area contributed by atoms with E-state index in [0.717, 1.165) is 25.9 Å². The number of piperidine rings is 1. The largest absolute Gasteiger partial charge is 0.481 e. The smallest absolute Gasteiger partial charge is 0.308 e. The summed E-state index contributed by atoms with van der Waals surface area (Å²) in [6.45, 7) is 6.01. The van der Waals surface area contributed by atoms with Crippen molar-refractivity contribution in [2.75, 3.05) is 6.54 Å². The number of likely N-dealkylation sites (tertiary alicyclic amines) is 1. The minimum Gasteiger partial charge on any atom is -0.481 e. The van der Waals surface area contributed by atoms with Crippen molar-refractivity contribution in [2.24, 2.45) is 5.92 Å². The van der Waals surface area contributed by atoms with Crippen LogP contribution in [0.1, 0.15) is 30.9 Å². The standard InChI is InChI=1S/C15H21NO2/c1-11-6-3-4-7-13(11)10-16-9-5-8-14(12(16)2)15(17)18/h3-4,6-7,12,14H,5,8-10H2,1-2H3,(H,17,18)/t12-,14-/m1/s1. The predicted molar refractivity (Wildman–Crippen MR) is 71.4 cm³/mol. The monoisotopic (exact) mass is 247 g/mol. The molecule has 0 unspecified atom stereocenters. The van der Waals surface area contributed by atoms with E-state index in [1.807, 2.05) is 19.1 Å². The van der Waals surface area contributed by atoms with Gasteiger partial charge in [0.1, 0.15) is 0 Å². The van der Waals surface area contributed by atoms with Gasteiger partial charge in [-0.15, -0.1) is 0 Å². The van der Waals surface area contributed by atoms with Crippen LogP contribution in [0.5, 0.6) is 0 Å². The van der Waals surface area contributed by atoms with Crippen LogP contribution < -0.4 is 0 Å². The molecule has 3 heteroatoms. The molecule has 3 nitrogen and oxygen atoms in total. The van der Waals surface area contributed by atoms with Crippen LogP contribution in [0.4, 0.5) is 0 Å². The van der Waals surface area contributed by atoms with Gasteiger partial charge < -0.3 is 5.11 Å². The van der Waals surface area contributed by atoms with Crippen molar-refractivity contribution in [1.29, 1.82) is 0 Å². The summed E-state index contributed by atoms with van der Waals surface area (Å²) in [6.07, 6.45) is 1.79. The number of carbonyl (C=O) groups is 1. The normalized spacial score (nSPS) is 25.0. The topological polar surface area (TPSA) is 40.5 Å². The third-order valence-electron chi connectivity index (χ3n) is 4.07. The third-order valence-corrected chi connectivity index (χ3v) is 4.07. The molecule has 1 heterocycles. The number of benzene rings is 1. The highest BCUT2D eigenvalue weighted by Gasteiger charge is 2.32. The molecule has 1 aliphatic heterocycles. The molecule has 2 atom stereocenters. The summed E-state index contributed by atoms with van der Waals surface area (Å²) in [5, 5.41) is 9.22. The molecular formula is C15H21NO2. The molecular weight excluding hydrogens is 226 g/mol. The zero-order valence-electron chi connectivity index (χ0n) is 11.1. The zero-order chi connectivity index (χ0) is 13.1. The maximum absolute atomic E-state index is 11.2. The van der Waals surface area contributed by atoms with Crippen LogP contribution in [-0.4, -0.2) is 28.6 Å². The maximum Gasteiger partial charge on any atom is 0.308 e. The summed E-state index contributed by atoms with van der Waals surface area (Å²) < 4.78 is 0. The van der Waals surface area contributed by atoms with E-state index in [1.54, 1.807) is 0 Å². The Balaban J connectivity index is 2.09. The van der Waals surface area contributed by atoms with Gasteiger partial charge in [0.05, 0.1) is 5.92 Å². The van der Waals surface area contributed by atoms with Gasteiger partial charge in [0.25, 0.3) is 0 Å². The lowest BCUT2D eigenvalue weighted by Crippen LogP contribution is -2.45. The predicted octanol–water partition coefficient (Wildman–Crippen LogP) is 2.68. The number of carboxylic acid groups (broad SMARTS) is 1. The van der Waals surface area contributed by atoms with Crippen molar-refractivity contribution >= 4 is 5.97 Å². The summed E-state index contributed by atoms with van der Waals surface area (Å²) in [7, 11) is 0. The molecule has 1 aromatic carbocycles. The first-order valence-electron chi connectivity index (χ1n) is 6.61. The summed E-state index contributed by atoms with van der Waals surface area (Å²) in [5.41, 5.74) is 2.58. The van der Waals surface area contributed by atoms with E-state index in [4.69, 9.17) is 0 Å². The number of rotatable bonds is 3. The lowest BCUT2D eigenvalue weighted by molar-refractivity contribution is -0.145. The molecule has 18 heavy (non-hydrogen) atoms. The number of hydrogen-bond acceptors (Lipinski definition) is 2. The van der Waals surface area contributed by atoms with E-state index in [0.29, 0.717) is 0 Å². The van der Waals surface area contributed by atoms with Crippen LogP contribution in [-0.2, 0) is 11.3 Å². The maximum atomic E-state index is 11.2. The van der Waals surface area contributed by atoms with Crippen molar-refractivity contribution in [3.05, 3.63) is 35.4 Å². The second-order valence-corrected chi connectivity index (χ2v) is 5.22. The van der Waals surface area contributed by atoms with Crippen molar-refractivity contribution in [1.82, 2.24) is 4.90 Å². The summed E-state index contributed by atoms with van der Waals surface area (Å²) in [5.74, 6) is -0.875. The lowest BCUT2D eigenvalue weighted by atomic mass is 9.90. The molecule has 1 N–H and O–H groups in total. The molecule has 98 valence electrons. The van der Waals surface area contributed by atoms with Crippen LogP contribution in [0.25, 0.3) is 0 Å². The number of carboxylic acids is 1. The Morgan fingerprint density at radius 2 is 2.17 bits per heavy atom. The second-order valence-electron chi connectivity index (χ2n) is 5.22. The SMILES string of the molecule is Cc1ccccc1CN1CCC[C@@H](C(=O)O)[C@H]1C. The molecule has 0 amide bonds. The molecule has 2 rings (SSSR count). The average Bonchev–Trinajstić information content (AvgIpc) is 2.34. The van der Waals surface area contributed by atoms with Crippen LogP contribution in [0.3, 0.4) is 0 Å². The van der Waals surface area contributed by atoms with Crippen molar-refractivity contribution in [2.45, 2.75) is 39.3 Å². The Labute approximate surface area is 108 Å². The fraction of sp³-hybridized carbons (Fsp3) is 0.533. The van der Waals surface area contributed by atoms with Gasteiger partial charge in [-0.25, -0.2) is 0 Å². The molecule has 1 aliphatic rings. The molecule has 0 saturated carbocycles. The summed E-state index contributed by atoms with van der Waals surface area (Å²) >= 11 is 0. The van der Waals surface area contributed by atoms with Gasteiger partial charge in [-0.05, 0) is 44.4 Å². The minimum atomic E-state index is -0.656. The zero-order valence-corrected chi connectivity index (χ0v) is 11.1. The quantitative estimate of drug-likeness (QED) is 0.892. The van der Waals surface area contributed by atoms with Gasteiger partial charge in [-0.2, -0.15) is 0 Å². The highest BCUT2D eigenvalue weighted by molar-refractivity contribution is 5.70. The number of aryl methyl sites for hydroxylation is 1. The average molecular weight is 247 g/mol. The first-order valence-corrected chi connectivity index (χ1v) is 6.61. The van der Waals surface area contributed by atoms with Gasteiger partial charge in [-0.1, -0.05) is 24.3 Å². The van der Waals surface area contributed by atoms with E-state index in [2.05, 4.69) is 24.0 Å². The van der Waals surface area contributed by atoms with E-state index in [-0.39, 0.29) is 12.0 Å². The number of hydrogen-bond donors (Lipinski definition) is 1. The second kappa shape index (κ2) is 5.53. The van der Waals surface area contributed by atoms with Crippen molar-refractivity contribution in [3.63, 3.8) is 0 Å². The van der Waals surface area contributed by atoms with Crippen LogP contribution in [0, 0.1) is 12.8 Å². The third kappa shape index (κ3) is 2.72. The van der Waals surface area contributed by atoms with E-state index >= 15 is 0 Å². The van der Waals surface area contributed by atoms with Gasteiger partial charge >= 0.3 is 5.97 Å². The number of nitrogens with zero attached hydrogens (tertiary/aromatic N) is 1. The molecule has 1 saturated heterocycles. The Morgan fingerprint density at radius 3 is 2.83 bits per heavy atom. The summed E-state index contributed by atoms with van der Waals surface area (Å²) in [4.78, 5) is 13.5. The molecule has 1 aromatic rings. The van der Waals surface area contributed by atoms with Crippen LogP contribution in [0.15, 0.2) is 24.3 Å². The Morgan fingerprint density at radius 1 is 1.44 bits per heavy atom. The Kier molecular flexibility index (Phi) is 4.02. The van der Waals surface area contributed by atoms with Gasteiger partial charge in [0.2, 0.25) is 0 Å². The lowest BCUT2D eigenvalue weighted by Gasteiger charge is -2.37. The molecule has 0 bridgehead atoms. The molecule has 0 aliphatic carbocycles. The van der Waals surface area contributed by atoms with Crippen LogP contribution in [0.2, 0.25) is 0 Å². The van der Waals surface area contributed by atoms with E-state index in [1.165, 1.54) is 11.1 Å². The highest BCUT2D eigenvalue weighted by Crippen LogP contribution is 2.25. The first-order chi connectivity index (χ1) is 8.59. The Bertz CT molecular complexity index is 430. The number of aliphatic carboxylic acids is 1. The van der Waals surface area contributed by atoms with E-state index < -0.39 is 5.97 Å². The fourth-order valence-corrected chi connectivity index (χ4v) is 2.77. The molecule has 0 spiro atoms. The summed E-state index contributed by atoms with van der Waals surface area (Å²) in [6, 6.07) is 8.45. The molecule has 0 radical (unpaired) electrons. The molecule has 0 aromatic heterocycles. The highest BCUT2D eigenvalue weighted by atomic mass is 16.4. The fourth-order valence-electron chi connectivity index (χ4n) is 2.77. The van der Waals surface area contributed by atoms with Crippen LogP contribution >= 0.6 is 0 Å². The van der Waals surface area contributed by atoms with Crippen molar-refractivity contribution in [3.8, 4) is 0 Å². The Hall–Kier alpha value is -1.35.